The van der Waals surface area contributed by atoms with Crippen molar-refractivity contribution in [3.8, 4) is 0 Å². The molecule has 0 amide bonds. The first-order valence-corrected chi connectivity index (χ1v) is 8.35. The fourth-order valence-electron chi connectivity index (χ4n) is 2.26. The van der Waals surface area contributed by atoms with Crippen molar-refractivity contribution < 1.29 is 21.8 Å². The number of benzene rings is 2. The molecule has 0 unspecified atom stereocenters. The van der Waals surface area contributed by atoms with E-state index >= 15 is 0 Å². The summed E-state index contributed by atoms with van der Waals surface area (Å²) in [5.41, 5.74) is 2.14. The molecule has 0 saturated heterocycles. The van der Waals surface area contributed by atoms with Crippen molar-refractivity contribution in [3.63, 3.8) is 0 Å². The Balaban J connectivity index is 1.68. The van der Waals surface area contributed by atoms with E-state index in [2.05, 4.69) is 9.97 Å². The molecule has 2 heterocycles. The van der Waals surface area contributed by atoms with Crippen LogP contribution in [0.2, 0.25) is 0 Å². The Morgan fingerprint density at radius 1 is 0.875 bits per heavy atom. The number of oxazole rings is 2. The van der Waals surface area contributed by atoms with Crippen molar-refractivity contribution in [2.24, 2.45) is 0 Å². The second kappa shape index (κ2) is 5.29. The number of fused-ring (bicyclic) bond motifs is 2. The zero-order valence-electron chi connectivity index (χ0n) is 12.1. The molecule has 0 aliphatic rings. The van der Waals surface area contributed by atoms with Crippen molar-refractivity contribution in [2.75, 3.05) is 0 Å². The summed E-state index contributed by atoms with van der Waals surface area (Å²) in [6.45, 7) is 0. The van der Waals surface area contributed by atoms with Crippen LogP contribution >= 0.6 is 0 Å². The summed E-state index contributed by atoms with van der Waals surface area (Å²) < 4.78 is 42.3. The second-order valence-electron chi connectivity index (χ2n) is 5.01. The third-order valence-electron chi connectivity index (χ3n) is 3.35. The number of para-hydroxylation sites is 2. The summed E-state index contributed by atoms with van der Waals surface area (Å²) >= 11 is 0. The van der Waals surface area contributed by atoms with E-state index in [1.807, 2.05) is 24.3 Å². The summed E-state index contributed by atoms with van der Waals surface area (Å²) in [5.74, 6) is 0.664. The minimum Gasteiger partial charge on any atom is -0.437 e. The van der Waals surface area contributed by atoms with Gasteiger partial charge < -0.3 is 8.83 Å². The van der Waals surface area contributed by atoms with Crippen LogP contribution in [0.1, 0.15) is 11.8 Å². The SMILES string of the molecule is O=S(=O)(O)c1ccc2nc(/C=C/c3nc4ccccc4o3)oc2c1. The second-order valence-corrected chi connectivity index (χ2v) is 6.43. The van der Waals surface area contributed by atoms with E-state index < -0.39 is 10.1 Å². The van der Waals surface area contributed by atoms with Crippen LogP contribution < -0.4 is 0 Å². The van der Waals surface area contributed by atoms with Gasteiger partial charge in [-0.05, 0) is 24.3 Å². The van der Waals surface area contributed by atoms with Gasteiger partial charge >= 0.3 is 0 Å². The first kappa shape index (κ1) is 14.6. The van der Waals surface area contributed by atoms with Gasteiger partial charge in [0, 0.05) is 18.2 Å². The Morgan fingerprint density at radius 2 is 1.50 bits per heavy atom. The highest BCUT2D eigenvalue weighted by Gasteiger charge is 2.12. The molecule has 7 nitrogen and oxygen atoms in total. The molecule has 4 rings (SSSR count). The minimum absolute atomic E-state index is 0.249. The Kier molecular flexibility index (Phi) is 3.22. The summed E-state index contributed by atoms with van der Waals surface area (Å²) in [6.07, 6.45) is 3.17. The molecule has 2 aromatic heterocycles. The van der Waals surface area contributed by atoms with E-state index in [9.17, 15) is 8.42 Å². The van der Waals surface area contributed by atoms with Crippen LogP contribution in [0.4, 0.5) is 0 Å². The van der Waals surface area contributed by atoms with Gasteiger partial charge in [-0.25, -0.2) is 9.97 Å². The van der Waals surface area contributed by atoms with Gasteiger partial charge in [0.2, 0.25) is 11.8 Å². The lowest BCUT2D eigenvalue weighted by molar-refractivity contribution is 0.483. The summed E-state index contributed by atoms with van der Waals surface area (Å²) in [7, 11) is -4.29. The van der Waals surface area contributed by atoms with E-state index in [1.165, 1.54) is 18.2 Å². The predicted molar refractivity (Wildman–Crippen MR) is 86.8 cm³/mol. The Morgan fingerprint density at radius 3 is 2.17 bits per heavy atom. The standard InChI is InChI=1S/C16H10N2O5S/c19-24(20,21)10-5-6-12-14(9-10)23-16(18-12)8-7-15-17-11-3-1-2-4-13(11)22-15/h1-9H,(H,19,20,21)/b8-7+. The molecule has 0 spiro atoms. The maximum Gasteiger partial charge on any atom is 0.294 e. The molecule has 2 aromatic carbocycles. The minimum atomic E-state index is -4.29. The van der Waals surface area contributed by atoms with Crippen molar-refractivity contribution in [1.29, 1.82) is 0 Å². The van der Waals surface area contributed by atoms with Gasteiger partial charge in [-0.3, -0.25) is 4.55 Å². The van der Waals surface area contributed by atoms with Crippen LogP contribution in [0, 0.1) is 0 Å². The van der Waals surface area contributed by atoms with Gasteiger partial charge in [0.05, 0.1) is 4.90 Å². The monoisotopic (exact) mass is 342 g/mol. The molecular weight excluding hydrogens is 332 g/mol. The lowest BCUT2D eigenvalue weighted by Gasteiger charge is -1.94. The van der Waals surface area contributed by atoms with Crippen molar-refractivity contribution in [3.05, 3.63) is 54.2 Å². The highest BCUT2D eigenvalue weighted by atomic mass is 32.2. The molecular formula is C16H10N2O5S. The summed E-state index contributed by atoms with van der Waals surface area (Å²) in [5, 5.41) is 0. The number of rotatable bonds is 3. The molecule has 0 aliphatic heterocycles. The highest BCUT2D eigenvalue weighted by Crippen LogP contribution is 2.22. The van der Waals surface area contributed by atoms with Crippen LogP contribution in [0.3, 0.4) is 0 Å². The average molecular weight is 342 g/mol. The first-order chi connectivity index (χ1) is 11.5. The molecule has 0 radical (unpaired) electrons. The van der Waals surface area contributed by atoms with Crippen molar-refractivity contribution in [1.82, 2.24) is 9.97 Å². The lowest BCUT2D eigenvalue weighted by atomic mass is 10.3. The zero-order chi connectivity index (χ0) is 16.7. The van der Waals surface area contributed by atoms with Gasteiger partial charge in [-0.2, -0.15) is 8.42 Å². The fourth-order valence-corrected chi connectivity index (χ4v) is 2.75. The molecule has 0 fully saturated rings. The lowest BCUT2D eigenvalue weighted by Crippen LogP contribution is -1.96. The number of hydrogen-bond donors (Lipinski definition) is 1. The topological polar surface area (TPSA) is 106 Å². The zero-order valence-corrected chi connectivity index (χ0v) is 12.9. The third-order valence-corrected chi connectivity index (χ3v) is 4.20. The van der Waals surface area contributed by atoms with Gasteiger partial charge in [-0.1, -0.05) is 12.1 Å². The normalized spacial score (nSPS) is 12.5. The highest BCUT2D eigenvalue weighted by molar-refractivity contribution is 7.85. The number of hydrogen-bond acceptors (Lipinski definition) is 6. The third kappa shape index (κ3) is 2.68. The Bertz CT molecular complexity index is 1150. The van der Waals surface area contributed by atoms with Crippen LogP contribution in [-0.2, 0) is 10.1 Å². The van der Waals surface area contributed by atoms with Crippen LogP contribution in [0.15, 0.2) is 56.2 Å². The Hall–Kier alpha value is -2.97. The Labute approximate surface area is 136 Å². The molecule has 0 saturated carbocycles. The van der Waals surface area contributed by atoms with Crippen molar-refractivity contribution >= 4 is 44.5 Å². The van der Waals surface area contributed by atoms with Gasteiger partial charge in [-0.15, -0.1) is 0 Å². The molecule has 1 N–H and O–H groups in total. The smallest absolute Gasteiger partial charge is 0.294 e. The molecule has 8 heteroatoms. The summed E-state index contributed by atoms with van der Waals surface area (Å²) in [4.78, 5) is 8.25. The first-order valence-electron chi connectivity index (χ1n) is 6.91. The van der Waals surface area contributed by atoms with Crippen LogP contribution in [0.25, 0.3) is 34.4 Å². The maximum atomic E-state index is 11.1. The number of aromatic nitrogens is 2. The maximum absolute atomic E-state index is 11.1. The molecule has 120 valence electrons. The quantitative estimate of drug-likeness (QED) is 0.569. The van der Waals surface area contributed by atoms with Crippen LogP contribution in [0.5, 0.6) is 0 Å². The van der Waals surface area contributed by atoms with E-state index in [4.69, 9.17) is 13.4 Å². The molecule has 0 atom stereocenters. The fraction of sp³-hybridized carbons (Fsp3) is 0. The van der Waals surface area contributed by atoms with E-state index in [0.29, 0.717) is 17.0 Å². The average Bonchev–Trinajstić information content (AvgIpc) is 3.14. The van der Waals surface area contributed by atoms with Gasteiger partial charge in [0.25, 0.3) is 10.1 Å². The van der Waals surface area contributed by atoms with E-state index in [-0.39, 0.29) is 16.4 Å². The van der Waals surface area contributed by atoms with E-state index in [1.54, 1.807) is 12.2 Å². The van der Waals surface area contributed by atoms with Gasteiger partial charge in [0.1, 0.15) is 11.0 Å². The molecule has 0 bridgehead atoms. The van der Waals surface area contributed by atoms with Gasteiger partial charge in [0.15, 0.2) is 11.2 Å². The summed E-state index contributed by atoms with van der Waals surface area (Å²) in [6, 6.07) is 11.3. The molecule has 4 aromatic rings. The van der Waals surface area contributed by atoms with E-state index in [0.717, 1.165) is 5.52 Å². The van der Waals surface area contributed by atoms with Crippen LogP contribution in [-0.4, -0.2) is 22.9 Å². The largest absolute Gasteiger partial charge is 0.437 e. The predicted octanol–water partition coefficient (Wildman–Crippen LogP) is 3.39. The molecule has 24 heavy (non-hydrogen) atoms. The van der Waals surface area contributed by atoms with Crippen molar-refractivity contribution in [2.45, 2.75) is 4.90 Å². The molecule has 0 aliphatic carbocycles. The number of nitrogens with zero attached hydrogens (tertiary/aromatic N) is 2.